The number of fused-ring (bicyclic) bond motifs is 3. The van der Waals surface area contributed by atoms with Gasteiger partial charge in [0, 0.05) is 16.6 Å². The molecule has 1 aliphatic heterocycles. The second-order valence-electron chi connectivity index (χ2n) is 6.58. The molecule has 26 heavy (non-hydrogen) atoms. The van der Waals surface area contributed by atoms with E-state index in [4.69, 9.17) is 14.2 Å². The molecule has 5 nitrogen and oxygen atoms in total. The summed E-state index contributed by atoms with van der Waals surface area (Å²) < 4.78 is 16.2. The highest BCUT2D eigenvalue weighted by Gasteiger charge is 2.24. The molecule has 1 aromatic heterocycles. The number of hydrogen-bond donors (Lipinski definition) is 2. The van der Waals surface area contributed by atoms with Gasteiger partial charge >= 0.3 is 0 Å². The third kappa shape index (κ3) is 2.88. The molecule has 0 aliphatic carbocycles. The maximum Gasteiger partial charge on any atom is 0.160 e. The van der Waals surface area contributed by atoms with Crippen LogP contribution in [-0.4, -0.2) is 32.9 Å². The van der Waals surface area contributed by atoms with Crippen molar-refractivity contribution in [2.75, 3.05) is 27.9 Å². The van der Waals surface area contributed by atoms with Crippen LogP contribution in [0.2, 0.25) is 0 Å². The Kier molecular flexibility index (Phi) is 4.47. The van der Waals surface area contributed by atoms with Gasteiger partial charge in [0.15, 0.2) is 11.5 Å². The highest BCUT2D eigenvalue weighted by atomic mass is 16.5. The van der Waals surface area contributed by atoms with Crippen molar-refractivity contribution in [2.45, 2.75) is 18.9 Å². The highest BCUT2D eigenvalue weighted by Crippen LogP contribution is 2.35. The summed E-state index contributed by atoms with van der Waals surface area (Å²) in [6, 6.07) is 12.6. The van der Waals surface area contributed by atoms with Crippen molar-refractivity contribution in [1.82, 2.24) is 10.3 Å². The van der Waals surface area contributed by atoms with Gasteiger partial charge in [-0.25, -0.2) is 0 Å². The number of aromatic nitrogens is 1. The summed E-state index contributed by atoms with van der Waals surface area (Å²) >= 11 is 0. The summed E-state index contributed by atoms with van der Waals surface area (Å²) in [6.07, 6.45) is 1.91. The smallest absolute Gasteiger partial charge is 0.160 e. The summed E-state index contributed by atoms with van der Waals surface area (Å²) in [5.74, 6) is 2.42. The minimum atomic E-state index is 0.246. The zero-order chi connectivity index (χ0) is 18.1. The van der Waals surface area contributed by atoms with Gasteiger partial charge in [-0.05, 0) is 60.8 Å². The molecule has 2 aromatic carbocycles. The van der Waals surface area contributed by atoms with Gasteiger partial charge in [-0.2, -0.15) is 0 Å². The molecule has 0 unspecified atom stereocenters. The Bertz CT molecular complexity index is 932. The molecular formula is C21H24N2O3. The Hall–Kier alpha value is -2.66. The molecule has 0 amide bonds. The van der Waals surface area contributed by atoms with Gasteiger partial charge in [-0.3, -0.25) is 0 Å². The summed E-state index contributed by atoms with van der Waals surface area (Å²) in [6.45, 7) is 0.967. The first-order chi connectivity index (χ1) is 12.7. The zero-order valence-corrected chi connectivity index (χ0v) is 15.4. The van der Waals surface area contributed by atoms with Gasteiger partial charge in [-0.1, -0.05) is 6.07 Å². The first-order valence-electron chi connectivity index (χ1n) is 8.86. The normalized spacial score (nSPS) is 16.3. The van der Waals surface area contributed by atoms with Crippen LogP contribution in [-0.2, 0) is 12.8 Å². The van der Waals surface area contributed by atoms with Gasteiger partial charge in [0.2, 0.25) is 0 Å². The molecule has 2 N–H and O–H groups in total. The van der Waals surface area contributed by atoms with E-state index in [1.807, 2.05) is 12.1 Å². The van der Waals surface area contributed by atoms with E-state index in [0.29, 0.717) is 0 Å². The molecule has 2 heterocycles. The fourth-order valence-electron chi connectivity index (χ4n) is 3.83. The second-order valence-corrected chi connectivity index (χ2v) is 6.58. The van der Waals surface area contributed by atoms with Gasteiger partial charge in [0.25, 0.3) is 0 Å². The maximum absolute atomic E-state index is 5.44. The number of hydrogen-bond acceptors (Lipinski definition) is 4. The SMILES string of the molecule is COc1ccc2[nH]c3c(c2c1)CCN[C@H]3Cc1ccc(OC)c(OC)c1. The standard InChI is InChI=1S/C21H24N2O3/c1-24-14-5-6-17-16(12-14)15-8-9-22-18(21(15)23-17)10-13-4-7-19(25-2)20(11-13)26-3/h4-7,11-12,18,22-23H,8-10H2,1-3H3/t18-/m0/s1. The predicted octanol–water partition coefficient (Wildman–Crippen LogP) is 3.62. The summed E-state index contributed by atoms with van der Waals surface area (Å²) in [5, 5.41) is 4.91. The number of methoxy groups -OCH3 is 3. The lowest BCUT2D eigenvalue weighted by Crippen LogP contribution is -2.31. The number of benzene rings is 2. The van der Waals surface area contributed by atoms with Gasteiger partial charge in [-0.15, -0.1) is 0 Å². The number of aromatic amines is 1. The van der Waals surface area contributed by atoms with Crippen molar-refractivity contribution in [3.63, 3.8) is 0 Å². The molecule has 5 heteroatoms. The quantitative estimate of drug-likeness (QED) is 0.736. The fraction of sp³-hybridized carbons (Fsp3) is 0.333. The molecule has 0 radical (unpaired) electrons. The van der Waals surface area contributed by atoms with Crippen LogP contribution < -0.4 is 19.5 Å². The van der Waals surface area contributed by atoms with Gasteiger partial charge < -0.3 is 24.5 Å². The van der Waals surface area contributed by atoms with Crippen molar-refractivity contribution >= 4 is 10.9 Å². The van der Waals surface area contributed by atoms with Crippen LogP contribution in [0.25, 0.3) is 10.9 Å². The topological polar surface area (TPSA) is 55.5 Å². The molecule has 0 spiro atoms. The minimum absolute atomic E-state index is 0.246. The van der Waals surface area contributed by atoms with E-state index >= 15 is 0 Å². The molecule has 3 aromatic rings. The first-order valence-corrected chi connectivity index (χ1v) is 8.86. The number of rotatable bonds is 5. The third-order valence-corrected chi connectivity index (χ3v) is 5.15. The summed E-state index contributed by atoms with van der Waals surface area (Å²) in [4.78, 5) is 3.61. The molecule has 0 saturated heterocycles. The molecule has 0 bridgehead atoms. The van der Waals surface area contributed by atoms with Crippen molar-refractivity contribution in [3.05, 3.63) is 53.2 Å². The Morgan fingerprint density at radius 3 is 2.58 bits per heavy atom. The molecule has 0 saturated carbocycles. The average molecular weight is 352 g/mol. The Morgan fingerprint density at radius 1 is 0.962 bits per heavy atom. The van der Waals surface area contributed by atoms with Crippen molar-refractivity contribution in [3.8, 4) is 17.2 Å². The van der Waals surface area contributed by atoms with Crippen LogP contribution in [0, 0.1) is 0 Å². The van der Waals surface area contributed by atoms with E-state index in [1.165, 1.54) is 22.2 Å². The molecule has 4 rings (SSSR count). The van der Waals surface area contributed by atoms with Crippen LogP contribution >= 0.6 is 0 Å². The van der Waals surface area contributed by atoms with E-state index < -0.39 is 0 Å². The lowest BCUT2D eigenvalue weighted by Gasteiger charge is -2.25. The van der Waals surface area contributed by atoms with Crippen molar-refractivity contribution in [2.24, 2.45) is 0 Å². The summed E-state index contributed by atoms with van der Waals surface area (Å²) in [7, 11) is 5.04. The largest absolute Gasteiger partial charge is 0.497 e. The van der Waals surface area contributed by atoms with Crippen LogP contribution in [0.4, 0.5) is 0 Å². The number of ether oxygens (including phenoxy) is 3. The average Bonchev–Trinajstić information content (AvgIpc) is 3.06. The molecule has 0 fully saturated rings. The van der Waals surface area contributed by atoms with Crippen LogP contribution in [0.5, 0.6) is 17.2 Å². The molecule has 136 valence electrons. The van der Waals surface area contributed by atoms with Crippen LogP contribution in [0.3, 0.4) is 0 Å². The third-order valence-electron chi connectivity index (χ3n) is 5.15. The van der Waals surface area contributed by atoms with E-state index in [-0.39, 0.29) is 6.04 Å². The van der Waals surface area contributed by atoms with Crippen molar-refractivity contribution < 1.29 is 14.2 Å². The number of H-pyrrole nitrogens is 1. The predicted molar refractivity (Wildman–Crippen MR) is 103 cm³/mol. The molecule has 1 aliphatic rings. The monoisotopic (exact) mass is 352 g/mol. The van der Waals surface area contributed by atoms with E-state index in [9.17, 15) is 0 Å². The lowest BCUT2D eigenvalue weighted by molar-refractivity contribution is 0.354. The van der Waals surface area contributed by atoms with Crippen molar-refractivity contribution in [1.29, 1.82) is 0 Å². The summed E-state index contributed by atoms with van der Waals surface area (Å²) in [5.41, 5.74) is 5.04. The van der Waals surface area contributed by atoms with E-state index in [0.717, 1.165) is 42.2 Å². The Balaban J connectivity index is 1.68. The number of nitrogens with one attached hydrogen (secondary N) is 2. The highest BCUT2D eigenvalue weighted by molar-refractivity contribution is 5.86. The van der Waals surface area contributed by atoms with Gasteiger partial charge in [0.05, 0.1) is 27.4 Å². The fourth-order valence-corrected chi connectivity index (χ4v) is 3.83. The maximum atomic E-state index is 5.44. The minimum Gasteiger partial charge on any atom is -0.497 e. The molecule has 1 atom stereocenters. The zero-order valence-electron chi connectivity index (χ0n) is 15.4. The van der Waals surface area contributed by atoms with Gasteiger partial charge in [0.1, 0.15) is 5.75 Å². The lowest BCUT2D eigenvalue weighted by atomic mass is 9.94. The Morgan fingerprint density at radius 2 is 1.81 bits per heavy atom. The molecular weight excluding hydrogens is 328 g/mol. The Labute approximate surface area is 153 Å². The van der Waals surface area contributed by atoms with Crippen LogP contribution in [0.15, 0.2) is 36.4 Å². The first kappa shape index (κ1) is 16.8. The van der Waals surface area contributed by atoms with E-state index in [2.05, 4.69) is 34.6 Å². The van der Waals surface area contributed by atoms with E-state index in [1.54, 1.807) is 21.3 Å². The van der Waals surface area contributed by atoms with Crippen LogP contribution in [0.1, 0.15) is 22.9 Å². The second kappa shape index (κ2) is 6.92.